The Bertz CT molecular complexity index is 1060. The summed E-state index contributed by atoms with van der Waals surface area (Å²) >= 11 is 0. The van der Waals surface area contributed by atoms with Gasteiger partial charge < -0.3 is 20.7 Å². The van der Waals surface area contributed by atoms with E-state index in [0.717, 1.165) is 6.08 Å². The minimum Gasteiger partial charge on any atom is -0.444 e. The van der Waals surface area contributed by atoms with Crippen LogP contribution < -0.4 is 16.0 Å². The molecular formula is C24H29F5N4O4. The summed E-state index contributed by atoms with van der Waals surface area (Å²) in [7, 11) is 0. The van der Waals surface area contributed by atoms with Crippen molar-refractivity contribution in [1.82, 2.24) is 15.6 Å². The Hall–Kier alpha value is -3.25. The summed E-state index contributed by atoms with van der Waals surface area (Å²) in [6.07, 6.45) is -4.39. The van der Waals surface area contributed by atoms with E-state index in [2.05, 4.69) is 15.6 Å². The molecular weight excluding hydrogens is 503 g/mol. The Balaban J connectivity index is 1.73. The lowest BCUT2D eigenvalue weighted by atomic mass is 9.81. The third kappa shape index (κ3) is 8.12. The molecule has 1 aromatic heterocycles. The number of alkyl carbamates (subject to hydrolysis) is 1. The highest BCUT2D eigenvalue weighted by atomic mass is 19.4. The zero-order valence-corrected chi connectivity index (χ0v) is 20.5. The van der Waals surface area contributed by atoms with E-state index < -0.39 is 66.5 Å². The first-order valence-corrected chi connectivity index (χ1v) is 11.7. The van der Waals surface area contributed by atoms with E-state index in [1.807, 2.05) is 5.32 Å². The molecule has 3 N–H and O–H groups in total. The molecule has 0 saturated heterocycles. The quantitative estimate of drug-likeness (QED) is 0.475. The molecule has 3 amide bonds. The molecule has 1 aliphatic heterocycles. The lowest BCUT2D eigenvalue weighted by Crippen LogP contribution is -2.51. The standard InChI is InChI=1S/C24H29F5N4O4/c1-22(2,3)37-21(36)33-18(14-4-7-23(25,26)8-5-14)20(35)32-17-11-13(6-9-30-17)10-15-12-16(24(27,28)29)31-19(15)34/h6,9,11-12,14,16,18H,4-5,7-8,10H2,1-3H3,(H,31,34)(H,33,36)(H,30,32,35)/t16?,18-/m0/s1. The predicted octanol–water partition coefficient (Wildman–Crippen LogP) is 4.27. The first-order valence-electron chi connectivity index (χ1n) is 11.7. The average Bonchev–Trinajstić information content (AvgIpc) is 3.12. The summed E-state index contributed by atoms with van der Waals surface area (Å²) in [4.78, 5) is 41.5. The molecule has 3 rings (SSSR count). The number of carbonyl (C=O) groups excluding carboxylic acids is 3. The fourth-order valence-corrected chi connectivity index (χ4v) is 4.17. The molecule has 2 atom stereocenters. The normalized spacial score (nSPS) is 21.0. The number of hydrogen-bond acceptors (Lipinski definition) is 5. The fourth-order valence-electron chi connectivity index (χ4n) is 4.17. The van der Waals surface area contributed by atoms with Gasteiger partial charge in [0.25, 0.3) is 0 Å². The second-order valence-corrected chi connectivity index (χ2v) is 10.2. The molecule has 37 heavy (non-hydrogen) atoms. The number of nitrogens with zero attached hydrogens (tertiary/aromatic N) is 1. The number of nitrogens with one attached hydrogen (secondary N) is 3. The molecule has 0 radical (unpaired) electrons. The molecule has 8 nitrogen and oxygen atoms in total. The van der Waals surface area contributed by atoms with Crippen molar-refractivity contribution in [3.63, 3.8) is 0 Å². The molecule has 2 heterocycles. The van der Waals surface area contributed by atoms with Crippen LogP contribution in [0.4, 0.5) is 32.6 Å². The first-order chi connectivity index (χ1) is 17.0. The molecule has 0 aromatic carbocycles. The van der Waals surface area contributed by atoms with Gasteiger partial charge in [-0.1, -0.05) is 0 Å². The van der Waals surface area contributed by atoms with Crippen molar-refractivity contribution in [3.05, 3.63) is 35.5 Å². The molecule has 204 valence electrons. The van der Waals surface area contributed by atoms with Crippen molar-refractivity contribution < 1.29 is 41.1 Å². The molecule has 1 fully saturated rings. The fraction of sp³-hybridized carbons (Fsp3) is 0.583. The number of ether oxygens (including phenoxy) is 1. The largest absolute Gasteiger partial charge is 0.444 e. The number of carbonyl (C=O) groups is 3. The third-order valence-electron chi connectivity index (χ3n) is 5.96. The van der Waals surface area contributed by atoms with E-state index in [9.17, 15) is 36.3 Å². The highest BCUT2D eigenvalue weighted by Crippen LogP contribution is 2.38. The molecule has 1 aromatic rings. The topological polar surface area (TPSA) is 109 Å². The van der Waals surface area contributed by atoms with E-state index in [1.54, 1.807) is 20.8 Å². The van der Waals surface area contributed by atoms with Gasteiger partial charge in [0.1, 0.15) is 23.5 Å². The van der Waals surface area contributed by atoms with Crippen LogP contribution in [0.25, 0.3) is 0 Å². The van der Waals surface area contributed by atoms with E-state index in [1.165, 1.54) is 18.3 Å². The first kappa shape index (κ1) is 28.3. The van der Waals surface area contributed by atoms with Gasteiger partial charge in [0.15, 0.2) is 0 Å². The van der Waals surface area contributed by atoms with Crippen LogP contribution in [-0.2, 0) is 20.7 Å². The van der Waals surface area contributed by atoms with Crippen molar-refractivity contribution in [1.29, 1.82) is 0 Å². The SMILES string of the molecule is CC(C)(C)OC(=O)N[C@H](C(=O)Nc1cc(CC2=CC(C(F)(F)F)NC2=O)ccn1)C1CCC(F)(F)CC1. The van der Waals surface area contributed by atoms with Gasteiger partial charge >= 0.3 is 12.3 Å². The Kier molecular flexibility index (Phi) is 8.13. The summed E-state index contributed by atoms with van der Waals surface area (Å²) in [5.74, 6) is -4.96. The number of hydrogen-bond donors (Lipinski definition) is 3. The highest BCUT2D eigenvalue weighted by Gasteiger charge is 2.43. The Morgan fingerprint density at radius 3 is 2.43 bits per heavy atom. The zero-order valence-electron chi connectivity index (χ0n) is 20.5. The summed E-state index contributed by atoms with van der Waals surface area (Å²) < 4.78 is 71.3. The smallest absolute Gasteiger partial charge is 0.412 e. The molecule has 0 bridgehead atoms. The van der Waals surface area contributed by atoms with E-state index in [0.29, 0.717) is 5.56 Å². The number of aromatic nitrogens is 1. The number of alkyl halides is 5. The maximum atomic E-state index is 13.7. The summed E-state index contributed by atoms with van der Waals surface area (Å²) in [6.45, 7) is 4.90. The van der Waals surface area contributed by atoms with Gasteiger partial charge in [0.05, 0.1) is 0 Å². The lowest BCUT2D eigenvalue weighted by molar-refractivity contribution is -0.148. The van der Waals surface area contributed by atoms with Gasteiger partial charge in [-0.2, -0.15) is 13.2 Å². The zero-order chi connectivity index (χ0) is 27.6. The van der Waals surface area contributed by atoms with Crippen LogP contribution in [0.5, 0.6) is 0 Å². The molecule has 2 aliphatic rings. The average molecular weight is 533 g/mol. The summed E-state index contributed by atoms with van der Waals surface area (Å²) in [5, 5.41) is 6.86. The maximum Gasteiger partial charge on any atom is 0.412 e. The minimum atomic E-state index is -4.62. The van der Waals surface area contributed by atoms with E-state index in [4.69, 9.17) is 4.74 Å². The van der Waals surface area contributed by atoms with Crippen LogP contribution >= 0.6 is 0 Å². The van der Waals surface area contributed by atoms with Gasteiger partial charge in [-0.15, -0.1) is 0 Å². The van der Waals surface area contributed by atoms with Gasteiger partial charge in [-0.25, -0.2) is 18.6 Å². The van der Waals surface area contributed by atoms with Crippen molar-refractivity contribution in [2.45, 2.75) is 82.7 Å². The lowest BCUT2D eigenvalue weighted by Gasteiger charge is -2.33. The van der Waals surface area contributed by atoms with Crippen LogP contribution in [0.15, 0.2) is 30.0 Å². The summed E-state index contributed by atoms with van der Waals surface area (Å²) in [6, 6.07) is -0.401. The van der Waals surface area contributed by atoms with Crippen LogP contribution in [0, 0.1) is 5.92 Å². The second-order valence-electron chi connectivity index (χ2n) is 10.2. The van der Waals surface area contributed by atoms with Crippen molar-refractivity contribution >= 4 is 23.7 Å². The number of amides is 3. The monoisotopic (exact) mass is 532 g/mol. The number of halogens is 5. The van der Waals surface area contributed by atoms with Gasteiger partial charge in [0.2, 0.25) is 17.7 Å². The molecule has 1 unspecified atom stereocenters. The maximum absolute atomic E-state index is 13.7. The van der Waals surface area contributed by atoms with Crippen LogP contribution in [0.1, 0.15) is 52.0 Å². The Labute approximate surface area is 210 Å². The summed E-state index contributed by atoms with van der Waals surface area (Å²) in [5.41, 5.74) is -0.533. The van der Waals surface area contributed by atoms with Gasteiger partial charge in [-0.3, -0.25) is 9.59 Å². The second kappa shape index (κ2) is 10.6. The third-order valence-corrected chi connectivity index (χ3v) is 5.96. The highest BCUT2D eigenvalue weighted by molar-refractivity contribution is 5.97. The van der Waals surface area contributed by atoms with Crippen molar-refractivity contribution in [2.24, 2.45) is 5.92 Å². The number of pyridine rings is 1. The van der Waals surface area contributed by atoms with Crippen molar-refractivity contribution in [3.8, 4) is 0 Å². The predicted molar refractivity (Wildman–Crippen MR) is 123 cm³/mol. The molecule has 13 heteroatoms. The number of rotatable bonds is 6. The van der Waals surface area contributed by atoms with Gasteiger partial charge in [0, 0.05) is 31.0 Å². The van der Waals surface area contributed by atoms with E-state index >= 15 is 0 Å². The van der Waals surface area contributed by atoms with E-state index in [-0.39, 0.29) is 30.7 Å². The minimum absolute atomic E-state index is 0.00199. The Morgan fingerprint density at radius 2 is 1.86 bits per heavy atom. The number of anilines is 1. The molecule has 0 spiro atoms. The molecule has 1 aliphatic carbocycles. The van der Waals surface area contributed by atoms with Gasteiger partial charge in [-0.05, 0) is 63.3 Å². The van der Waals surface area contributed by atoms with Crippen LogP contribution in [0.2, 0.25) is 0 Å². The molecule has 1 saturated carbocycles. The Morgan fingerprint density at radius 1 is 1.22 bits per heavy atom. The van der Waals surface area contributed by atoms with Crippen LogP contribution in [0.3, 0.4) is 0 Å². The van der Waals surface area contributed by atoms with Crippen molar-refractivity contribution in [2.75, 3.05) is 5.32 Å². The van der Waals surface area contributed by atoms with Crippen LogP contribution in [-0.4, -0.2) is 52.7 Å².